The van der Waals surface area contributed by atoms with Crippen LogP contribution in [-0.4, -0.2) is 40.6 Å². The molecule has 0 saturated carbocycles. The van der Waals surface area contributed by atoms with Gasteiger partial charge in [-0.2, -0.15) is 0 Å². The van der Waals surface area contributed by atoms with E-state index in [4.69, 9.17) is 36.3 Å². The maximum atomic E-state index is 6.13. The first-order valence-corrected chi connectivity index (χ1v) is 6.36. The van der Waals surface area contributed by atoms with Crippen molar-refractivity contribution in [3.63, 3.8) is 0 Å². The van der Waals surface area contributed by atoms with Crippen LogP contribution in [0.4, 0.5) is 0 Å². The fourth-order valence-corrected chi connectivity index (χ4v) is 1.77. The summed E-state index contributed by atoms with van der Waals surface area (Å²) in [7, 11) is 3.19. The second-order valence-electron chi connectivity index (χ2n) is 3.77. The van der Waals surface area contributed by atoms with Crippen LogP contribution >= 0.6 is 11.6 Å². The minimum Gasteiger partial charge on any atom is -0.493 e. The van der Waals surface area contributed by atoms with Gasteiger partial charge in [0.1, 0.15) is 6.61 Å². The first-order valence-electron chi connectivity index (χ1n) is 5.98. The topological polar surface area (TPSA) is 62.9 Å². The summed E-state index contributed by atoms with van der Waals surface area (Å²) in [6.07, 6.45) is 0. The molecule has 108 valence electrons. The van der Waals surface area contributed by atoms with Gasteiger partial charge in [-0.05, 0) is 17.7 Å². The summed E-state index contributed by atoms with van der Waals surface area (Å²) in [5, 5.41) is 0.483. The maximum absolute atomic E-state index is 6.13. The summed E-state index contributed by atoms with van der Waals surface area (Å²) in [5.41, 5.74) is 6.47. The van der Waals surface area contributed by atoms with E-state index in [1.807, 2.05) is 6.07 Å². The third-order valence-corrected chi connectivity index (χ3v) is 2.71. The van der Waals surface area contributed by atoms with Gasteiger partial charge in [-0.1, -0.05) is 11.6 Å². The minimum absolute atomic E-state index is 0.391. The van der Waals surface area contributed by atoms with Gasteiger partial charge in [-0.3, -0.25) is 0 Å². The number of ether oxygens (including phenoxy) is 4. The lowest BCUT2D eigenvalue weighted by atomic mass is 10.2. The lowest BCUT2D eigenvalue weighted by molar-refractivity contribution is 0.0540. The van der Waals surface area contributed by atoms with Gasteiger partial charge < -0.3 is 24.7 Å². The molecule has 6 heteroatoms. The van der Waals surface area contributed by atoms with Crippen molar-refractivity contribution in [3.05, 3.63) is 22.7 Å². The Labute approximate surface area is 118 Å². The van der Waals surface area contributed by atoms with E-state index in [9.17, 15) is 0 Å². The van der Waals surface area contributed by atoms with Crippen LogP contribution < -0.4 is 15.2 Å². The molecular weight excluding hydrogens is 270 g/mol. The monoisotopic (exact) mass is 289 g/mol. The number of hydrogen-bond acceptors (Lipinski definition) is 5. The minimum atomic E-state index is 0.391. The Balaban J connectivity index is 2.52. The molecule has 0 aromatic heterocycles. The summed E-state index contributed by atoms with van der Waals surface area (Å²) >= 11 is 6.13. The Morgan fingerprint density at radius 3 is 2.47 bits per heavy atom. The molecular formula is C13H20ClNO4. The second kappa shape index (κ2) is 8.98. The summed E-state index contributed by atoms with van der Waals surface area (Å²) in [4.78, 5) is 0. The number of methoxy groups -OCH3 is 2. The van der Waals surface area contributed by atoms with Crippen LogP contribution in [0.15, 0.2) is 12.1 Å². The molecule has 0 radical (unpaired) electrons. The summed E-state index contributed by atoms with van der Waals surface area (Å²) < 4.78 is 21.0. The molecule has 0 saturated heterocycles. The lowest BCUT2D eigenvalue weighted by Gasteiger charge is -2.13. The number of hydrogen-bond donors (Lipinski definition) is 1. The molecule has 1 aromatic rings. The van der Waals surface area contributed by atoms with Gasteiger partial charge in [0, 0.05) is 13.7 Å². The SMILES string of the molecule is COCCOCCOc1c(Cl)cc(CN)cc1OC. The summed E-state index contributed by atoms with van der Waals surface area (Å²) in [5.74, 6) is 1.08. The normalized spacial score (nSPS) is 10.5. The van der Waals surface area contributed by atoms with E-state index in [1.54, 1.807) is 20.3 Å². The molecule has 0 spiro atoms. The Hall–Kier alpha value is -1.01. The lowest BCUT2D eigenvalue weighted by Crippen LogP contribution is -2.11. The first kappa shape index (κ1) is 16.0. The number of nitrogens with two attached hydrogens (primary N) is 1. The quantitative estimate of drug-likeness (QED) is 0.703. The number of halogens is 1. The molecule has 0 aliphatic heterocycles. The molecule has 0 atom stereocenters. The van der Waals surface area contributed by atoms with Gasteiger partial charge in [0.15, 0.2) is 11.5 Å². The smallest absolute Gasteiger partial charge is 0.179 e. The highest BCUT2D eigenvalue weighted by Crippen LogP contribution is 2.36. The molecule has 19 heavy (non-hydrogen) atoms. The van der Waals surface area contributed by atoms with Gasteiger partial charge in [0.05, 0.1) is 32.0 Å². The molecule has 0 amide bonds. The molecule has 0 bridgehead atoms. The number of rotatable bonds is 9. The summed E-state index contributed by atoms with van der Waals surface area (Å²) in [6.45, 7) is 2.35. The maximum Gasteiger partial charge on any atom is 0.179 e. The molecule has 0 aliphatic carbocycles. The van der Waals surface area contributed by atoms with Crippen LogP contribution in [0, 0.1) is 0 Å². The van der Waals surface area contributed by atoms with Gasteiger partial charge in [0.2, 0.25) is 0 Å². The van der Waals surface area contributed by atoms with Crippen molar-refractivity contribution in [2.45, 2.75) is 6.54 Å². The van der Waals surface area contributed by atoms with Crippen molar-refractivity contribution in [2.75, 3.05) is 40.6 Å². The van der Waals surface area contributed by atoms with Crippen LogP contribution in [0.3, 0.4) is 0 Å². The van der Waals surface area contributed by atoms with Crippen molar-refractivity contribution in [1.29, 1.82) is 0 Å². The predicted octanol–water partition coefficient (Wildman–Crippen LogP) is 1.85. The molecule has 1 aromatic carbocycles. The highest BCUT2D eigenvalue weighted by atomic mass is 35.5. The molecule has 0 heterocycles. The Bertz CT molecular complexity index is 387. The van der Waals surface area contributed by atoms with Crippen molar-refractivity contribution in [3.8, 4) is 11.5 Å². The zero-order valence-electron chi connectivity index (χ0n) is 11.3. The van der Waals surface area contributed by atoms with E-state index < -0.39 is 0 Å². The van der Waals surface area contributed by atoms with Crippen molar-refractivity contribution in [1.82, 2.24) is 0 Å². The Morgan fingerprint density at radius 2 is 1.84 bits per heavy atom. The fourth-order valence-electron chi connectivity index (χ4n) is 1.48. The largest absolute Gasteiger partial charge is 0.493 e. The van der Waals surface area contributed by atoms with Gasteiger partial charge >= 0.3 is 0 Å². The third kappa shape index (κ3) is 5.24. The Morgan fingerprint density at radius 1 is 1.11 bits per heavy atom. The van der Waals surface area contributed by atoms with E-state index in [2.05, 4.69) is 0 Å². The predicted molar refractivity (Wildman–Crippen MR) is 74.1 cm³/mol. The zero-order chi connectivity index (χ0) is 14.1. The molecule has 5 nitrogen and oxygen atoms in total. The van der Waals surface area contributed by atoms with E-state index in [-0.39, 0.29) is 0 Å². The Kier molecular flexibility index (Phi) is 7.59. The highest BCUT2D eigenvalue weighted by molar-refractivity contribution is 6.32. The van der Waals surface area contributed by atoms with Crippen LogP contribution in [0.5, 0.6) is 11.5 Å². The van der Waals surface area contributed by atoms with Crippen LogP contribution in [0.1, 0.15) is 5.56 Å². The van der Waals surface area contributed by atoms with E-state index in [0.29, 0.717) is 49.5 Å². The van der Waals surface area contributed by atoms with Gasteiger partial charge in [0.25, 0.3) is 0 Å². The van der Waals surface area contributed by atoms with Gasteiger partial charge in [-0.15, -0.1) is 0 Å². The van der Waals surface area contributed by atoms with Crippen LogP contribution in [0.2, 0.25) is 5.02 Å². The van der Waals surface area contributed by atoms with Crippen molar-refractivity contribution >= 4 is 11.6 Å². The molecule has 1 rings (SSSR count). The average Bonchev–Trinajstić information content (AvgIpc) is 2.43. The van der Waals surface area contributed by atoms with E-state index >= 15 is 0 Å². The van der Waals surface area contributed by atoms with Crippen molar-refractivity contribution < 1.29 is 18.9 Å². The molecule has 0 aliphatic rings. The zero-order valence-corrected chi connectivity index (χ0v) is 12.0. The number of benzene rings is 1. The van der Waals surface area contributed by atoms with Gasteiger partial charge in [-0.25, -0.2) is 0 Å². The van der Waals surface area contributed by atoms with E-state index in [1.165, 1.54) is 0 Å². The average molecular weight is 290 g/mol. The highest BCUT2D eigenvalue weighted by Gasteiger charge is 2.11. The van der Waals surface area contributed by atoms with Crippen LogP contribution in [-0.2, 0) is 16.0 Å². The summed E-state index contributed by atoms with van der Waals surface area (Å²) in [6, 6.07) is 3.58. The van der Waals surface area contributed by atoms with Crippen molar-refractivity contribution in [2.24, 2.45) is 5.73 Å². The van der Waals surface area contributed by atoms with E-state index in [0.717, 1.165) is 5.56 Å². The van der Waals surface area contributed by atoms with Crippen LogP contribution in [0.25, 0.3) is 0 Å². The first-order chi connectivity index (χ1) is 9.22. The molecule has 0 fully saturated rings. The third-order valence-electron chi connectivity index (χ3n) is 2.43. The molecule has 0 unspecified atom stereocenters. The second-order valence-corrected chi connectivity index (χ2v) is 4.17. The standard InChI is InChI=1S/C13H20ClNO4/c1-16-3-4-18-5-6-19-13-11(14)7-10(9-15)8-12(13)17-2/h7-8H,3-6,9,15H2,1-2H3. The fraction of sp³-hybridized carbons (Fsp3) is 0.538. The molecule has 2 N–H and O–H groups in total.